The van der Waals surface area contributed by atoms with E-state index in [-0.39, 0.29) is 6.04 Å². The molecule has 2 N–H and O–H groups in total. The fourth-order valence-corrected chi connectivity index (χ4v) is 2.50. The van der Waals surface area contributed by atoms with Gasteiger partial charge in [-0.05, 0) is 47.2 Å². The lowest BCUT2D eigenvalue weighted by Crippen LogP contribution is -2.12. The first kappa shape index (κ1) is 14.1. The molecule has 0 saturated heterocycles. The van der Waals surface area contributed by atoms with Crippen molar-refractivity contribution in [1.29, 1.82) is 0 Å². The van der Waals surface area contributed by atoms with Crippen LogP contribution < -0.4 is 5.73 Å². The molecule has 0 aliphatic carbocycles. The number of rotatable bonds is 4. The van der Waals surface area contributed by atoms with Crippen LogP contribution in [0.1, 0.15) is 42.1 Å². The highest BCUT2D eigenvalue weighted by Gasteiger charge is 2.10. The fourth-order valence-electron chi connectivity index (χ4n) is 2.38. The van der Waals surface area contributed by atoms with Gasteiger partial charge in [0.25, 0.3) is 0 Å². The van der Waals surface area contributed by atoms with Gasteiger partial charge in [0.1, 0.15) is 0 Å². The van der Waals surface area contributed by atoms with E-state index < -0.39 is 0 Å². The minimum Gasteiger partial charge on any atom is -0.320 e. The smallest absolute Gasteiger partial charge is 0.0551 e. The maximum atomic E-state index is 6.34. The highest BCUT2D eigenvalue weighted by Crippen LogP contribution is 2.24. The Hall–Kier alpha value is -1.31. The van der Waals surface area contributed by atoms with Gasteiger partial charge in [-0.3, -0.25) is 0 Å². The van der Waals surface area contributed by atoms with Gasteiger partial charge >= 0.3 is 0 Å². The van der Waals surface area contributed by atoms with Gasteiger partial charge in [-0.2, -0.15) is 0 Å². The molecule has 2 aromatic rings. The Balaban J connectivity index is 2.33. The zero-order chi connectivity index (χ0) is 13.8. The van der Waals surface area contributed by atoms with Crippen LogP contribution in [0.25, 0.3) is 0 Å². The van der Waals surface area contributed by atoms with Crippen molar-refractivity contribution in [3.63, 3.8) is 0 Å². The van der Waals surface area contributed by atoms with Crippen molar-refractivity contribution in [2.75, 3.05) is 0 Å². The van der Waals surface area contributed by atoms with E-state index in [0.29, 0.717) is 0 Å². The number of nitrogens with two attached hydrogens (primary N) is 1. The molecule has 0 saturated carbocycles. The second-order valence-corrected chi connectivity index (χ2v) is 5.20. The molecule has 0 fully saturated rings. The Morgan fingerprint density at radius 1 is 0.895 bits per heavy atom. The molecule has 19 heavy (non-hydrogen) atoms. The van der Waals surface area contributed by atoms with Crippen LogP contribution in [0, 0.1) is 0 Å². The molecule has 0 amide bonds. The second kappa shape index (κ2) is 6.23. The Morgan fingerprint density at radius 3 is 2.05 bits per heavy atom. The van der Waals surface area contributed by atoms with E-state index in [9.17, 15) is 0 Å². The molecule has 0 aromatic heterocycles. The van der Waals surface area contributed by atoms with Crippen LogP contribution in [-0.4, -0.2) is 0 Å². The third kappa shape index (κ3) is 3.17. The van der Waals surface area contributed by atoms with Gasteiger partial charge in [-0.15, -0.1) is 0 Å². The second-order valence-electron chi connectivity index (χ2n) is 4.76. The zero-order valence-corrected chi connectivity index (χ0v) is 12.2. The van der Waals surface area contributed by atoms with Crippen LogP contribution in [0.3, 0.4) is 0 Å². The van der Waals surface area contributed by atoms with Gasteiger partial charge in [0.15, 0.2) is 0 Å². The normalized spacial score (nSPS) is 12.4. The Bertz CT molecular complexity index is 546. The molecule has 0 spiro atoms. The molecule has 2 aromatic carbocycles. The first-order valence-electron chi connectivity index (χ1n) is 6.78. The summed E-state index contributed by atoms with van der Waals surface area (Å²) in [7, 11) is 0. The highest BCUT2D eigenvalue weighted by molar-refractivity contribution is 6.30. The SMILES string of the molecule is CCc1ccc(C(N)c2ccc(Cl)cc2)cc1CC. The molecule has 0 bridgehead atoms. The molecule has 0 aliphatic rings. The average Bonchev–Trinajstić information content (AvgIpc) is 2.46. The van der Waals surface area contributed by atoms with E-state index in [4.69, 9.17) is 17.3 Å². The zero-order valence-electron chi connectivity index (χ0n) is 11.5. The fraction of sp³-hybridized carbons (Fsp3) is 0.294. The first-order chi connectivity index (χ1) is 9.15. The van der Waals surface area contributed by atoms with Gasteiger partial charge < -0.3 is 5.73 Å². The Morgan fingerprint density at radius 2 is 1.47 bits per heavy atom. The number of aryl methyl sites for hydroxylation is 2. The molecular formula is C17H20ClN. The standard InChI is InChI=1S/C17H20ClN/c1-3-12-5-6-15(11-13(12)4-2)17(19)14-7-9-16(18)10-8-14/h5-11,17H,3-4,19H2,1-2H3. The van der Waals surface area contributed by atoms with Crippen molar-refractivity contribution in [1.82, 2.24) is 0 Å². The molecule has 2 heteroatoms. The highest BCUT2D eigenvalue weighted by atomic mass is 35.5. The molecule has 0 heterocycles. The number of hydrogen-bond acceptors (Lipinski definition) is 1. The van der Waals surface area contributed by atoms with Crippen LogP contribution in [0.5, 0.6) is 0 Å². The molecule has 1 unspecified atom stereocenters. The molecule has 1 nitrogen and oxygen atoms in total. The summed E-state index contributed by atoms with van der Waals surface area (Å²) < 4.78 is 0. The van der Waals surface area contributed by atoms with Gasteiger partial charge in [0.05, 0.1) is 6.04 Å². The summed E-state index contributed by atoms with van der Waals surface area (Å²) in [6, 6.07) is 14.2. The van der Waals surface area contributed by atoms with Gasteiger partial charge in [-0.25, -0.2) is 0 Å². The predicted molar refractivity (Wildman–Crippen MR) is 82.7 cm³/mol. The van der Waals surface area contributed by atoms with Gasteiger partial charge in [0, 0.05) is 5.02 Å². The van der Waals surface area contributed by atoms with Crippen LogP contribution in [0.4, 0.5) is 0 Å². The lowest BCUT2D eigenvalue weighted by molar-refractivity contribution is 0.863. The molecule has 0 radical (unpaired) electrons. The first-order valence-corrected chi connectivity index (χ1v) is 7.16. The summed E-state index contributed by atoms with van der Waals surface area (Å²) in [5.74, 6) is 0. The molecule has 2 rings (SSSR count). The average molecular weight is 274 g/mol. The Kier molecular flexibility index (Phi) is 4.62. The van der Waals surface area contributed by atoms with Gasteiger partial charge in [-0.1, -0.05) is 55.8 Å². The Labute approximate surface area is 120 Å². The van der Waals surface area contributed by atoms with Crippen molar-refractivity contribution in [2.45, 2.75) is 32.7 Å². The van der Waals surface area contributed by atoms with Crippen molar-refractivity contribution in [3.05, 3.63) is 69.7 Å². The summed E-state index contributed by atoms with van der Waals surface area (Å²) in [5.41, 5.74) is 11.4. The summed E-state index contributed by atoms with van der Waals surface area (Å²) in [5, 5.41) is 0.742. The van der Waals surface area contributed by atoms with E-state index in [2.05, 4.69) is 32.0 Å². The van der Waals surface area contributed by atoms with E-state index in [1.807, 2.05) is 24.3 Å². The van der Waals surface area contributed by atoms with Crippen LogP contribution in [-0.2, 0) is 12.8 Å². The lowest BCUT2D eigenvalue weighted by Gasteiger charge is -2.15. The van der Waals surface area contributed by atoms with Crippen molar-refractivity contribution < 1.29 is 0 Å². The number of halogens is 1. The monoisotopic (exact) mass is 273 g/mol. The third-order valence-electron chi connectivity index (χ3n) is 3.58. The van der Waals surface area contributed by atoms with Crippen LogP contribution >= 0.6 is 11.6 Å². The summed E-state index contributed by atoms with van der Waals surface area (Å²) in [6.45, 7) is 4.37. The summed E-state index contributed by atoms with van der Waals surface area (Å²) >= 11 is 5.91. The maximum absolute atomic E-state index is 6.34. The quantitative estimate of drug-likeness (QED) is 0.871. The van der Waals surface area contributed by atoms with Crippen LogP contribution in [0.2, 0.25) is 5.02 Å². The van der Waals surface area contributed by atoms with Gasteiger partial charge in [0.2, 0.25) is 0 Å². The number of benzene rings is 2. The third-order valence-corrected chi connectivity index (χ3v) is 3.83. The van der Waals surface area contributed by atoms with Crippen molar-refractivity contribution in [2.24, 2.45) is 5.73 Å². The van der Waals surface area contributed by atoms with E-state index in [0.717, 1.165) is 29.0 Å². The topological polar surface area (TPSA) is 26.0 Å². The summed E-state index contributed by atoms with van der Waals surface area (Å²) in [6.07, 6.45) is 2.12. The van der Waals surface area contributed by atoms with E-state index in [1.54, 1.807) is 0 Å². The molecule has 1 atom stereocenters. The molecule has 0 aliphatic heterocycles. The van der Waals surface area contributed by atoms with Crippen molar-refractivity contribution in [3.8, 4) is 0 Å². The van der Waals surface area contributed by atoms with E-state index in [1.165, 1.54) is 11.1 Å². The number of hydrogen-bond donors (Lipinski definition) is 1. The van der Waals surface area contributed by atoms with Crippen molar-refractivity contribution >= 4 is 11.6 Å². The maximum Gasteiger partial charge on any atom is 0.0551 e. The summed E-state index contributed by atoms with van der Waals surface area (Å²) in [4.78, 5) is 0. The van der Waals surface area contributed by atoms with Crippen LogP contribution in [0.15, 0.2) is 42.5 Å². The molecule has 100 valence electrons. The predicted octanol–water partition coefficient (Wildman–Crippen LogP) is 4.51. The largest absolute Gasteiger partial charge is 0.320 e. The molecular weight excluding hydrogens is 254 g/mol. The minimum absolute atomic E-state index is 0.0894. The lowest BCUT2D eigenvalue weighted by atomic mass is 9.94. The minimum atomic E-state index is -0.0894. The van der Waals surface area contributed by atoms with E-state index >= 15 is 0 Å².